The normalized spacial score (nSPS) is 18.5. The summed E-state index contributed by atoms with van der Waals surface area (Å²) in [6.45, 7) is 1.13. The third-order valence-corrected chi connectivity index (χ3v) is 4.83. The molecule has 2 aliphatic rings. The van der Waals surface area contributed by atoms with Crippen molar-refractivity contribution >= 4 is 34.8 Å². The Balaban J connectivity index is 1.49. The first-order valence-corrected chi connectivity index (χ1v) is 8.85. The number of nitrogens with one attached hydrogen (secondary N) is 1. The first kappa shape index (κ1) is 17.6. The second kappa shape index (κ2) is 7.08. The lowest BCUT2D eigenvalue weighted by molar-refractivity contribution is -0.122. The predicted molar refractivity (Wildman–Crippen MR) is 97.9 cm³/mol. The number of rotatable bonds is 3. The first-order valence-electron chi connectivity index (χ1n) is 8.48. The second-order valence-electron chi connectivity index (χ2n) is 6.32. The molecule has 0 aromatic heterocycles. The standard InChI is InChI=1S/C19H16ClFN2O4/c20-13-2-1-3-14(18(13)21)22-19(25)11-8-17(24)23(10-11)12-4-5-15-16(9-12)27-7-6-26-15/h1-5,9,11H,6-8,10H2,(H,22,25)/t11-/m0/s1. The molecule has 2 aromatic rings. The Morgan fingerprint density at radius 3 is 2.78 bits per heavy atom. The summed E-state index contributed by atoms with van der Waals surface area (Å²) in [5.74, 6) is -0.699. The van der Waals surface area contributed by atoms with E-state index in [2.05, 4.69) is 5.32 Å². The van der Waals surface area contributed by atoms with Crippen LogP contribution in [0.5, 0.6) is 11.5 Å². The molecule has 6 nitrogen and oxygen atoms in total. The van der Waals surface area contributed by atoms with Crippen LogP contribution in [-0.4, -0.2) is 31.6 Å². The highest BCUT2D eigenvalue weighted by molar-refractivity contribution is 6.31. The molecule has 1 N–H and O–H groups in total. The number of benzene rings is 2. The van der Waals surface area contributed by atoms with Crippen molar-refractivity contribution in [2.75, 3.05) is 30.0 Å². The largest absolute Gasteiger partial charge is 0.486 e. The number of anilines is 2. The van der Waals surface area contributed by atoms with Gasteiger partial charge in [-0.25, -0.2) is 4.39 Å². The van der Waals surface area contributed by atoms with Gasteiger partial charge in [0.05, 0.1) is 16.6 Å². The molecule has 0 unspecified atom stereocenters. The number of carbonyl (C=O) groups is 2. The summed E-state index contributed by atoms with van der Waals surface area (Å²) >= 11 is 5.73. The van der Waals surface area contributed by atoms with Crippen LogP contribution in [0, 0.1) is 11.7 Å². The van der Waals surface area contributed by atoms with Crippen LogP contribution in [0.1, 0.15) is 6.42 Å². The third kappa shape index (κ3) is 3.42. The van der Waals surface area contributed by atoms with E-state index in [1.54, 1.807) is 24.3 Å². The summed E-state index contributed by atoms with van der Waals surface area (Å²) in [7, 11) is 0. The second-order valence-corrected chi connectivity index (χ2v) is 6.73. The Morgan fingerprint density at radius 2 is 1.96 bits per heavy atom. The SMILES string of the molecule is O=C(Nc1cccc(Cl)c1F)[C@H]1CC(=O)N(c2ccc3c(c2)OCCO3)C1. The molecule has 1 fully saturated rings. The van der Waals surface area contributed by atoms with Crippen molar-refractivity contribution in [1.29, 1.82) is 0 Å². The zero-order chi connectivity index (χ0) is 19.0. The molecule has 0 saturated carbocycles. The van der Waals surface area contributed by atoms with Crippen molar-refractivity contribution in [3.8, 4) is 11.5 Å². The Hall–Kier alpha value is -2.80. The first-order chi connectivity index (χ1) is 13.0. The molecule has 4 rings (SSSR count). The molecule has 0 bridgehead atoms. The minimum absolute atomic E-state index is 0.00210. The molecule has 1 atom stereocenters. The van der Waals surface area contributed by atoms with E-state index >= 15 is 0 Å². The van der Waals surface area contributed by atoms with Crippen LogP contribution < -0.4 is 19.7 Å². The van der Waals surface area contributed by atoms with Crippen molar-refractivity contribution in [1.82, 2.24) is 0 Å². The lowest BCUT2D eigenvalue weighted by atomic mass is 10.1. The lowest BCUT2D eigenvalue weighted by Crippen LogP contribution is -2.28. The van der Waals surface area contributed by atoms with Crippen molar-refractivity contribution in [2.45, 2.75) is 6.42 Å². The van der Waals surface area contributed by atoms with Gasteiger partial charge in [-0.3, -0.25) is 9.59 Å². The van der Waals surface area contributed by atoms with Crippen LogP contribution in [0.4, 0.5) is 15.8 Å². The van der Waals surface area contributed by atoms with E-state index in [1.807, 2.05) is 0 Å². The van der Waals surface area contributed by atoms with Gasteiger partial charge in [-0.15, -0.1) is 0 Å². The zero-order valence-electron chi connectivity index (χ0n) is 14.2. The fourth-order valence-corrected chi connectivity index (χ4v) is 3.34. The van der Waals surface area contributed by atoms with E-state index in [0.717, 1.165) is 0 Å². The maximum absolute atomic E-state index is 14.0. The highest BCUT2D eigenvalue weighted by Crippen LogP contribution is 2.36. The van der Waals surface area contributed by atoms with Crippen LogP contribution in [-0.2, 0) is 9.59 Å². The highest BCUT2D eigenvalue weighted by Gasteiger charge is 2.36. The smallest absolute Gasteiger partial charge is 0.229 e. The molecule has 0 aliphatic carbocycles. The molecule has 2 heterocycles. The average molecular weight is 391 g/mol. The molecule has 8 heteroatoms. The van der Waals surface area contributed by atoms with Crippen molar-refractivity contribution < 1.29 is 23.5 Å². The number of ether oxygens (including phenoxy) is 2. The number of hydrogen-bond acceptors (Lipinski definition) is 4. The lowest BCUT2D eigenvalue weighted by Gasteiger charge is -2.22. The van der Waals surface area contributed by atoms with E-state index < -0.39 is 17.6 Å². The van der Waals surface area contributed by atoms with Gasteiger partial charge in [0, 0.05) is 24.7 Å². The number of carbonyl (C=O) groups excluding carboxylic acids is 2. The zero-order valence-corrected chi connectivity index (χ0v) is 15.0. The summed E-state index contributed by atoms with van der Waals surface area (Å²) in [6.07, 6.45) is 0.0441. The van der Waals surface area contributed by atoms with Crippen molar-refractivity contribution in [3.05, 3.63) is 47.2 Å². The van der Waals surface area contributed by atoms with Gasteiger partial charge in [-0.05, 0) is 24.3 Å². The third-order valence-electron chi connectivity index (χ3n) is 4.54. The number of nitrogens with zero attached hydrogens (tertiary/aromatic N) is 1. The molecular weight excluding hydrogens is 375 g/mol. The van der Waals surface area contributed by atoms with E-state index in [0.29, 0.717) is 30.4 Å². The molecule has 140 valence electrons. The van der Waals surface area contributed by atoms with Gasteiger partial charge >= 0.3 is 0 Å². The predicted octanol–water partition coefficient (Wildman–Crippen LogP) is 3.24. The summed E-state index contributed by atoms with van der Waals surface area (Å²) in [5.41, 5.74) is 0.631. The van der Waals surface area contributed by atoms with E-state index in [9.17, 15) is 14.0 Å². The Kier molecular flexibility index (Phi) is 4.61. The fraction of sp³-hybridized carbons (Fsp3) is 0.263. The minimum Gasteiger partial charge on any atom is -0.486 e. The number of fused-ring (bicyclic) bond motifs is 1. The maximum atomic E-state index is 14.0. The Morgan fingerprint density at radius 1 is 1.19 bits per heavy atom. The van der Waals surface area contributed by atoms with Crippen molar-refractivity contribution in [2.24, 2.45) is 5.92 Å². The van der Waals surface area contributed by atoms with Crippen LogP contribution in [0.25, 0.3) is 0 Å². The van der Waals surface area contributed by atoms with E-state index in [1.165, 1.54) is 17.0 Å². The van der Waals surface area contributed by atoms with Crippen LogP contribution in [0.3, 0.4) is 0 Å². The Bertz CT molecular complexity index is 921. The van der Waals surface area contributed by atoms with Gasteiger partial charge in [0.2, 0.25) is 11.8 Å². The number of amides is 2. The van der Waals surface area contributed by atoms with Crippen LogP contribution in [0.15, 0.2) is 36.4 Å². The monoisotopic (exact) mass is 390 g/mol. The quantitative estimate of drug-likeness (QED) is 0.873. The molecule has 2 aliphatic heterocycles. The Labute approximate surface area is 159 Å². The molecule has 0 radical (unpaired) electrons. The summed E-state index contributed by atoms with van der Waals surface area (Å²) in [6, 6.07) is 9.59. The van der Waals surface area contributed by atoms with Crippen LogP contribution in [0.2, 0.25) is 5.02 Å². The van der Waals surface area contributed by atoms with Gasteiger partial charge in [0.1, 0.15) is 13.2 Å². The number of halogens is 2. The highest BCUT2D eigenvalue weighted by atomic mass is 35.5. The van der Waals surface area contributed by atoms with Gasteiger partial charge in [-0.2, -0.15) is 0 Å². The summed E-state index contributed by atoms with van der Waals surface area (Å²) < 4.78 is 25.0. The van der Waals surface area contributed by atoms with Gasteiger partial charge in [0.15, 0.2) is 17.3 Å². The van der Waals surface area contributed by atoms with E-state index in [4.69, 9.17) is 21.1 Å². The van der Waals surface area contributed by atoms with Crippen LogP contribution >= 0.6 is 11.6 Å². The molecule has 27 heavy (non-hydrogen) atoms. The van der Waals surface area contributed by atoms with Gasteiger partial charge in [0.25, 0.3) is 0 Å². The summed E-state index contributed by atoms with van der Waals surface area (Å²) in [4.78, 5) is 26.4. The van der Waals surface area contributed by atoms with Gasteiger partial charge in [-0.1, -0.05) is 17.7 Å². The summed E-state index contributed by atoms with van der Waals surface area (Å²) in [5, 5.41) is 2.44. The van der Waals surface area contributed by atoms with E-state index in [-0.39, 0.29) is 29.6 Å². The maximum Gasteiger partial charge on any atom is 0.229 e. The number of hydrogen-bond donors (Lipinski definition) is 1. The molecule has 0 spiro atoms. The molecule has 2 amide bonds. The molecule has 2 aromatic carbocycles. The fourth-order valence-electron chi connectivity index (χ4n) is 3.17. The van der Waals surface area contributed by atoms with Gasteiger partial charge < -0.3 is 19.7 Å². The molecule has 1 saturated heterocycles. The minimum atomic E-state index is -0.694. The average Bonchev–Trinajstić information content (AvgIpc) is 3.07. The topological polar surface area (TPSA) is 67.9 Å². The van der Waals surface area contributed by atoms with Crippen molar-refractivity contribution in [3.63, 3.8) is 0 Å². The molecular formula is C19H16ClFN2O4.